The highest BCUT2D eigenvalue weighted by Crippen LogP contribution is 2.24. The molecule has 0 atom stereocenters. The molecule has 3 N–H and O–H groups in total. The largest absolute Gasteiger partial charge is 0.375 e. The highest BCUT2D eigenvalue weighted by molar-refractivity contribution is 7.13. The van der Waals surface area contributed by atoms with Crippen LogP contribution in [0.3, 0.4) is 0 Å². The van der Waals surface area contributed by atoms with Crippen LogP contribution in [0.15, 0.2) is 5.38 Å². The van der Waals surface area contributed by atoms with E-state index in [1.807, 2.05) is 0 Å². The fourth-order valence-electron chi connectivity index (χ4n) is 1.53. The van der Waals surface area contributed by atoms with Gasteiger partial charge in [-0.3, -0.25) is 4.79 Å². The van der Waals surface area contributed by atoms with E-state index in [0.717, 1.165) is 12.6 Å². The molecule has 1 amide bonds. The summed E-state index contributed by atoms with van der Waals surface area (Å²) in [7, 11) is 2.09. The van der Waals surface area contributed by atoms with Crippen LogP contribution in [0.1, 0.15) is 23.3 Å². The predicted octanol–water partition coefficient (Wildman–Crippen LogP) is 0.549. The second kappa shape index (κ2) is 4.80. The van der Waals surface area contributed by atoms with E-state index in [1.165, 1.54) is 24.2 Å². The number of carbonyl (C=O) groups is 1. The van der Waals surface area contributed by atoms with Crippen LogP contribution < -0.4 is 11.1 Å². The molecule has 1 fully saturated rings. The van der Waals surface area contributed by atoms with E-state index in [-0.39, 0.29) is 5.91 Å². The summed E-state index contributed by atoms with van der Waals surface area (Å²) in [6.07, 6.45) is 2.57. The van der Waals surface area contributed by atoms with Gasteiger partial charge in [0.1, 0.15) is 5.69 Å². The monoisotopic (exact) mass is 240 g/mol. The number of hydrogen-bond donors (Lipinski definition) is 2. The van der Waals surface area contributed by atoms with Crippen molar-refractivity contribution in [2.45, 2.75) is 18.9 Å². The number of aromatic nitrogens is 1. The lowest BCUT2D eigenvalue weighted by molar-refractivity contribution is 0.0945. The van der Waals surface area contributed by atoms with Crippen molar-refractivity contribution in [3.05, 3.63) is 11.1 Å². The van der Waals surface area contributed by atoms with Crippen LogP contribution >= 0.6 is 11.3 Å². The van der Waals surface area contributed by atoms with Gasteiger partial charge in [-0.1, -0.05) is 0 Å². The molecule has 88 valence electrons. The number of rotatable bonds is 5. The minimum absolute atomic E-state index is 0.142. The minimum atomic E-state index is -0.142. The third-order valence-corrected chi connectivity index (χ3v) is 3.35. The number of anilines is 1. The van der Waals surface area contributed by atoms with E-state index in [9.17, 15) is 4.79 Å². The number of nitrogens with two attached hydrogens (primary N) is 1. The quantitative estimate of drug-likeness (QED) is 0.788. The number of amides is 1. The Morgan fingerprint density at radius 1 is 1.75 bits per heavy atom. The Kier molecular flexibility index (Phi) is 3.40. The molecule has 0 saturated heterocycles. The van der Waals surface area contributed by atoms with Crippen molar-refractivity contribution in [3.63, 3.8) is 0 Å². The highest BCUT2D eigenvalue weighted by atomic mass is 32.1. The molecule has 1 heterocycles. The first kappa shape index (κ1) is 11.3. The molecule has 1 saturated carbocycles. The number of hydrogen-bond acceptors (Lipinski definition) is 5. The molecule has 0 bridgehead atoms. The summed E-state index contributed by atoms with van der Waals surface area (Å²) >= 11 is 1.28. The first-order chi connectivity index (χ1) is 7.66. The molecule has 1 aromatic heterocycles. The predicted molar refractivity (Wildman–Crippen MR) is 64.5 cm³/mol. The van der Waals surface area contributed by atoms with Gasteiger partial charge >= 0.3 is 0 Å². The summed E-state index contributed by atoms with van der Waals surface area (Å²) < 4.78 is 0. The van der Waals surface area contributed by atoms with Gasteiger partial charge in [-0.2, -0.15) is 0 Å². The van der Waals surface area contributed by atoms with Crippen molar-refractivity contribution in [1.82, 2.24) is 15.2 Å². The SMILES string of the molecule is CN(CCNC(=O)c1csc(N)n1)C1CC1. The molecule has 5 nitrogen and oxygen atoms in total. The third kappa shape index (κ3) is 2.93. The minimum Gasteiger partial charge on any atom is -0.375 e. The lowest BCUT2D eigenvalue weighted by Gasteiger charge is -2.15. The van der Waals surface area contributed by atoms with Gasteiger partial charge in [-0.15, -0.1) is 11.3 Å². The average molecular weight is 240 g/mol. The second-order valence-corrected chi connectivity index (χ2v) is 4.93. The molecule has 0 aromatic carbocycles. The van der Waals surface area contributed by atoms with Gasteiger partial charge in [0.15, 0.2) is 5.13 Å². The van der Waals surface area contributed by atoms with Gasteiger partial charge in [0.05, 0.1) is 0 Å². The van der Waals surface area contributed by atoms with Crippen molar-refractivity contribution >= 4 is 22.4 Å². The number of carbonyl (C=O) groups excluding carboxylic acids is 1. The summed E-state index contributed by atoms with van der Waals surface area (Å²) in [6, 6.07) is 0.729. The Bertz CT molecular complexity index is 375. The average Bonchev–Trinajstić information content (AvgIpc) is 3.01. The van der Waals surface area contributed by atoms with E-state index in [2.05, 4.69) is 22.2 Å². The molecule has 0 unspecified atom stereocenters. The number of nitrogen functional groups attached to an aromatic ring is 1. The summed E-state index contributed by atoms with van der Waals surface area (Å²) in [6.45, 7) is 1.54. The maximum atomic E-state index is 11.6. The van der Waals surface area contributed by atoms with Crippen LogP contribution in [-0.4, -0.2) is 42.0 Å². The van der Waals surface area contributed by atoms with Crippen LogP contribution in [-0.2, 0) is 0 Å². The number of thiazole rings is 1. The highest BCUT2D eigenvalue weighted by Gasteiger charge is 2.25. The summed E-state index contributed by atoms with van der Waals surface area (Å²) in [5, 5.41) is 4.94. The molecule has 2 rings (SSSR count). The molecule has 6 heteroatoms. The summed E-state index contributed by atoms with van der Waals surface area (Å²) in [5.41, 5.74) is 5.87. The lowest BCUT2D eigenvalue weighted by atomic mass is 10.4. The van der Waals surface area contributed by atoms with Crippen molar-refractivity contribution in [1.29, 1.82) is 0 Å². The summed E-state index contributed by atoms with van der Waals surface area (Å²) in [5.74, 6) is -0.142. The molecule has 0 aliphatic heterocycles. The van der Waals surface area contributed by atoms with Gasteiger partial charge in [-0.05, 0) is 19.9 Å². The first-order valence-electron chi connectivity index (χ1n) is 5.36. The van der Waals surface area contributed by atoms with Crippen LogP contribution in [0.5, 0.6) is 0 Å². The Morgan fingerprint density at radius 2 is 2.50 bits per heavy atom. The Balaban J connectivity index is 1.71. The van der Waals surface area contributed by atoms with Gasteiger partial charge in [0.25, 0.3) is 5.91 Å². The van der Waals surface area contributed by atoms with Gasteiger partial charge in [0.2, 0.25) is 0 Å². The second-order valence-electron chi connectivity index (χ2n) is 4.04. The molecule has 0 spiro atoms. The van der Waals surface area contributed by atoms with Crippen LogP contribution in [0, 0.1) is 0 Å². The topological polar surface area (TPSA) is 71.2 Å². The molecule has 0 radical (unpaired) electrons. The number of likely N-dealkylation sites (N-methyl/N-ethyl adjacent to an activating group) is 1. The first-order valence-corrected chi connectivity index (χ1v) is 6.24. The van der Waals surface area contributed by atoms with Crippen LogP contribution in [0.25, 0.3) is 0 Å². The standard InChI is InChI=1S/C10H16N4OS/c1-14(7-2-3-7)5-4-12-9(15)8-6-16-10(11)13-8/h6-7H,2-5H2,1H3,(H2,11,13)(H,12,15). The van der Waals surface area contributed by atoms with Crippen LogP contribution in [0.2, 0.25) is 0 Å². The summed E-state index contributed by atoms with van der Waals surface area (Å²) in [4.78, 5) is 17.8. The zero-order chi connectivity index (χ0) is 11.5. The van der Waals surface area contributed by atoms with Crippen molar-refractivity contribution < 1.29 is 4.79 Å². The van der Waals surface area contributed by atoms with Crippen molar-refractivity contribution in [2.24, 2.45) is 0 Å². The molecule has 1 aromatic rings. The Labute approximate surface area is 98.7 Å². The zero-order valence-electron chi connectivity index (χ0n) is 9.27. The van der Waals surface area contributed by atoms with E-state index >= 15 is 0 Å². The smallest absolute Gasteiger partial charge is 0.270 e. The number of nitrogens with zero attached hydrogens (tertiary/aromatic N) is 2. The normalized spacial score (nSPS) is 15.4. The molecular weight excluding hydrogens is 224 g/mol. The van der Waals surface area contributed by atoms with Crippen LogP contribution in [0.4, 0.5) is 5.13 Å². The molecular formula is C10H16N4OS. The Hall–Kier alpha value is -1.14. The van der Waals surface area contributed by atoms with Gasteiger partial charge in [-0.25, -0.2) is 4.98 Å². The maximum Gasteiger partial charge on any atom is 0.270 e. The van der Waals surface area contributed by atoms with Gasteiger partial charge in [0, 0.05) is 24.5 Å². The van der Waals surface area contributed by atoms with E-state index in [0.29, 0.717) is 17.4 Å². The molecule has 1 aliphatic carbocycles. The Morgan fingerprint density at radius 3 is 3.06 bits per heavy atom. The van der Waals surface area contributed by atoms with E-state index in [4.69, 9.17) is 5.73 Å². The third-order valence-electron chi connectivity index (χ3n) is 2.67. The van der Waals surface area contributed by atoms with Crippen molar-refractivity contribution in [2.75, 3.05) is 25.9 Å². The lowest BCUT2D eigenvalue weighted by Crippen LogP contribution is -2.34. The molecule has 16 heavy (non-hydrogen) atoms. The maximum absolute atomic E-state index is 11.6. The number of nitrogens with one attached hydrogen (secondary N) is 1. The molecule has 1 aliphatic rings. The zero-order valence-corrected chi connectivity index (χ0v) is 10.1. The van der Waals surface area contributed by atoms with Gasteiger partial charge < -0.3 is 16.0 Å². The van der Waals surface area contributed by atoms with Crippen molar-refractivity contribution in [3.8, 4) is 0 Å². The fraction of sp³-hybridized carbons (Fsp3) is 0.600. The van der Waals surface area contributed by atoms with E-state index in [1.54, 1.807) is 5.38 Å². The van der Waals surface area contributed by atoms with E-state index < -0.39 is 0 Å². The fourth-order valence-corrected chi connectivity index (χ4v) is 2.07.